The molecule has 1 heterocycles. The molecule has 5 nitrogen and oxygen atoms in total. The molecule has 0 radical (unpaired) electrons. The lowest BCUT2D eigenvalue weighted by atomic mass is 10.1. The van der Waals surface area contributed by atoms with E-state index in [1.54, 1.807) is 17.3 Å². The number of hydrogen-bond acceptors (Lipinski definition) is 3. The van der Waals surface area contributed by atoms with Crippen molar-refractivity contribution in [3.8, 4) is 0 Å². The number of aromatic nitrogens is 1. The number of hydrogen-bond donors (Lipinski definition) is 1. The van der Waals surface area contributed by atoms with E-state index in [1.807, 2.05) is 36.4 Å². The van der Waals surface area contributed by atoms with Crippen LogP contribution in [0.25, 0.3) is 0 Å². The van der Waals surface area contributed by atoms with Gasteiger partial charge >= 0.3 is 0 Å². The van der Waals surface area contributed by atoms with Crippen LogP contribution in [-0.4, -0.2) is 34.8 Å². The van der Waals surface area contributed by atoms with Gasteiger partial charge in [-0.25, -0.2) is 0 Å². The highest BCUT2D eigenvalue weighted by atomic mass is 35.5. The van der Waals surface area contributed by atoms with Gasteiger partial charge < -0.3 is 10.2 Å². The van der Waals surface area contributed by atoms with Crippen LogP contribution in [0.5, 0.6) is 0 Å². The molecule has 0 atom stereocenters. The molecular weight excluding hydrogens is 338 g/mol. The van der Waals surface area contributed by atoms with Gasteiger partial charge in [-0.05, 0) is 35.7 Å². The number of halogens is 1. The predicted molar refractivity (Wildman–Crippen MR) is 98.1 cm³/mol. The highest BCUT2D eigenvalue weighted by Gasteiger charge is 2.11. The molecule has 0 bridgehead atoms. The summed E-state index contributed by atoms with van der Waals surface area (Å²) < 4.78 is 0. The first-order valence-electron chi connectivity index (χ1n) is 8.20. The van der Waals surface area contributed by atoms with Crippen LogP contribution in [0.15, 0.2) is 48.8 Å². The third-order valence-corrected chi connectivity index (χ3v) is 4.01. The molecule has 25 heavy (non-hydrogen) atoms. The minimum absolute atomic E-state index is 0.0596. The molecule has 0 saturated heterocycles. The normalized spacial score (nSPS) is 10.3. The molecule has 1 aromatic heterocycles. The van der Waals surface area contributed by atoms with Crippen molar-refractivity contribution >= 4 is 23.4 Å². The Balaban J connectivity index is 1.74. The molecule has 1 N–H and O–H groups in total. The van der Waals surface area contributed by atoms with Crippen LogP contribution in [-0.2, 0) is 22.6 Å². The van der Waals surface area contributed by atoms with Crippen molar-refractivity contribution < 1.29 is 9.59 Å². The zero-order valence-corrected chi connectivity index (χ0v) is 15.0. The number of amides is 2. The van der Waals surface area contributed by atoms with E-state index >= 15 is 0 Å². The molecule has 0 aliphatic rings. The maximum atomic E-state index is 12.0. The van der Waals surface area contributed by atoms with Gasteiger partial charge in [-0.15, -0.1) is 0 Å². The van der Waals surface area contributed by atoms with Crippen LogP contribution in [0.4, 0.5) is 0 Å². The maximum Gasteiger partial charge on any atom is 0.221 e. The van der Waals surface area contributed by atoms with Gasteiger partial charge in [0, 0.05) is 50.4 Å². The summed E-state index contributed by atoms with van der Waals surface area (Å²) in [5, 5.41) is 3.57. The fourth-order valence-electron chi connectivity index (χ4n) is 2.42. The zero-order chi connectivity index (χ0) is 18.1. The van der Waals surface area contributed by atoms with Gasteiger partial charge in [0.05, 0.1) is 0 Å². The number of carbonyl (C=O) groups is 2. The summed E-state index contributed by atoms with van der Waals surface area (Å²) in [6.45, 7) is 2.89. The summed E-state index contributed by atoms with van der Waals surface area (Å²) in [6.07, 6.45) is 4.41. The summed E-state index contributed by atoms with van der Waals surface area (Å²) in [5.74, 6) is -0.130. The number of nitrogens with one attached hydrogen (secondary N) is 1. The van der Waals surface area contributed by atoms with E-state index in [9.17, 15) is 9.59 Å². The van der Waals surface area contributed by atoms with E-state index in [4.69, 9.17) is 11.6 Å². The van der Waals surface area contributed by atoms with Crippen LogP contribution in [0, 0.1) is 0 Å². The van der Waals surface area contributed by atoms with Gasteiger partial charge in [-0.3, -0.25) is 14.6 Å². The highest BCUT2D eigenvalue weighted by Crippen LogP contribution is 2.10. The first-order valence-corrected chi connectivity index (χ1v) is 8.58. The first-order chi connectivity index (χ1) is 12.0. The number of benzene rings is 1. The Bertz CT molecular complexity index is 707. The summed E-state index contributed by atoms with van der Waals surface area (Å²) >= 11 is 5.94. The second-order valence-corrected chi connectivity index (χ2v) is 6.22. The van der Waals surface area contributed by atoms with Crippen molar-refractivity contribution in [2.24, 2.45) is 0 Å². The maximum absolute atomic E-state index is 12.0. The predicted octanol–water partition coefficient (Wildman–Crippen LogP) is 2.83. The lowest BCUT2D eigenvalue weighted by Gasteiger charge is -2.20. The Morgan fingerprint density at radius 3 is 2.68 bits per heavy atom. The standard InChI is InChI=1S/C19H22ClN3O2/c1-15(24)23(14-17-5-3-9-21-13-17)11-8-19(25)22-10-7-16-4-2-6-18(20)12-16/h2-6,9,12-13H,7-8,10-11,14H2,1H3,(H,22,25). The van der Waals surface area contributed by atoms with Crippen LogP contribution >= 0.6 is 11.6 Å². The number of nitrogens with zero attached hydrogens (tertiary/aromatic N) is 2. The topological polar surface area (TPSA) is 62.3 Å². The van der Waals surface area contributed by atoms with E-state index in [-0.39, 0.29) is 18.2 Å². The Labute approximate surface area is 153 Å². The quantitative estimate of drug-likeness (QED) is 0.788. The van der Waals surface area contributed by atoms with Crippen LogP contribution in [0.2, 0.25) is 5.02 Å². The summed E-state index contributed by atoms with van der Waals surface area (Å²) in [6, 6.07) is 11.3. The van der Waals surface area contributed by atoms with E-state index in [0.29, 0.717) is 24.7 Å². The second kappa shape index (κ2) is 9.79. The highest BCUT2D eigenvalue weighted by molar-refractivity contribution is 6.30. The van der Waals surface area contributed by atoms with Gasteiger partial charge in [0.15, 0.2) is 0 Å². The van der Waals surface area contributed by atoms with E-state index in [2.05, 4.69) is 10.3 Å². The van der Waals surface area contributed by atoms with E-state index < -0.39 is 0 Å². The molecular formula is C19H22ClN3O2. The lowest BCUT2D eigenvalue weighted by Crippen LogP contribution is -2.34. The molecule has 2 aromatic rings. The molecule has 1 aromatic carbocycles. The molecule has 6 heteroatoms. The fraction of sp³-hybridized carbons (Fsp3) is 0.316. The number of pyridine rings is 1. The molecule has 0 fully saturated rings. The third-order valence-electron chi connectivity index (χ3n) is 3.78. The van der Waals surface area contributed by atoms with Crippen LogP contribution in [0.3, 0.4) is 0 Å². The van der Waals surface area contributed by atoms with Gasteiger partial charge in [0.25, 0.3) is 0 Å². The van der Waals surface area contributed by atoms with Gasteiger partial charge in [0.2, 0.25) is 11.8 Å². The Morgan fingerprint density at radius 2 is 2.00 bits per heavy atom. The largest absolute Gasteiger partial charge is 0.356 e. The minimum atomic E-state index is -0.0699. The molecule has 2 amide bonds. The second-order valence-electron chi connectivity index (χ2n) is 5.78. The third kappa shape index (κ3) is 6.93. The summed E-state index contributed by atoms with van der Waals surface area (Å²) in [4.78, 5) is 29.4. The van der Waals surface area contributed by atoms with Crippen LogP contribution < -0.4 is 5.32 Å². The summed E-state index contributed by atoms with van der Waals surface area (Å²) in [7, 11) is 0. The van der Waals surface area contributed by atoms with Gasteiger partial charge in [0.1, 0.15) is 0 Å². The average molecular weight is 360 g/mol. The molecule has 0 aliphatic heterocycles. The Kier molecular flexibility index (Phi) is 7.41. The molecule has 2 rings (SSSR count). The fourth-order valence-corrected chi connectivity index (χ4v) is 2.64. The van der Waals surface area contributed by atoms with Crippen molar-refractivity contribution in [2.45, 2.75) is 26.3 Å². The molecule has 0 unspecified atom stereocenters. The van der Waals surface area contributed by atoms with Gasteiger partial charge in [-0.2, -0.15) is 0 Å². The first kappa shape index (κ1) is 18.9. The monoisotopic (exact) mass is 359 g/mol. The van der Waals surface area contributed by atoms with Crippen molar-refractivity contribution in [3.05, 3.63) is 64.9 Å². The number of carbonyl (C=O) groups excluding carboxylic acids is 2. The van der Waals surface area contributed by atoms with E-state index in [1.165, 1.54) is 6.92 Å². The smallest absolute Gasteiger partial charge is 0.221 e. The van der Waals surface area contributed by atoms with Crippen molar-refractivity contribution in [1.29, 1.82) is 0 Å². The molecule has 132 valence electrons. The summed E-state index contributed by atoms with van der Waals surface area (Å²) in [5.41, 5.74) is 2.02. The number of rotatable bonds is 8. The van der Waals surface area contributed by atoms with Crippen molar-refractivity contribution in [3.63, 3.8) is 0 Å². The van der Waals surface area contributed by atoms with Crippen molar-refractivity contribution in [1.82, 2.24) is 15.2 Å². The van der Waals surface area contributed by atoms with Crippen molar-refractivity contribution in [2.75, 3.05) is 13.1 Å². The zero-order valence-electron chi connectivity index (χ0n) is 14.2. The Hall–Kier alpha value is -2.40. The van der Waals surface area contributed by atoms with E-state index in [0.717, 1.165) is 17.5 Å². The average Bonchev–Trinajstić information content (AvgIpc) is 2.59. The SMILES string of the molecule is CC(=O)N(CCC(=O)NCCc1cccc(Cl)c1)Cc1cccnc1. The molecule has 0 saturated carbocycles. The molecule has 0 aliphatic carbocycles. The minimum Gasteiger partial charge on any atom is -0.356 e. The lowest BCUT2D eigenvalue weighted by molar-refractivity contribution is -0.130. The molecule has 0 spiro atoms. The Morgan fingerprint density at radius 1 is 1.20 bits per heavy atom. The van der Waals surface area contributed by atoms with Crippen LogP contribution in [0.1, 0.15) is 24.5 Å². The van der Waals surface area contributed by atoms with Gasteiger partial charge in [-0.1, -0.05) is 29.8 Å².